The molecule has 6 heteroatoms. The fraction of sp³-hybridized carbons (Fsp3) is 0.878. The molecule has 0 bridgehead atoms. The van der Waals surface area contributed by atoms with E-state index in [1.807, 2.05) is 0 Å². The largest absolute Gasteiger partial charge is 0.462 e. The summed E-state index contributed by atoms with van der Waals surface area (Å²) in [5, 5.41) is 0. The lowest BCUT2D eigenvalue weighted by Gasteiger charge is -2.18. The van der Waals surface area contributed by atoms with E-state index < -0.39 is 6.10 Å². The van der Waals surface area contributed by atoms with Crippen molar-refractivity contribution in [1.29, 1.82) is 0 Å². The predicted octanol–water partition coefficient (Wildman–Crippen LogP) is 24.7. The Kier molecular flexibility index (Phi) is 67.1. The molecule has 0 saturated heterocycles. The summed E-state index contributed by atoms with van der Waals surface area (Å²) < 4.78 is 17.0. The van der Waals surface area contributed by atoms with E-state index in [1.54, 1.807) is 0 Å². The van der Waals surface area contributed by atoms with Crippen molar-refractivity contribution in [2.75, 3.05) is 13.2 Å². The molecule has 0 aliphatic carbocycles. The summed E-state index contributed by atoms with van der Waals surface area (Å²) in [6.07, 6.45) is 86.1. The van der Waals surface area contributed by atoms with E-state index in [0.29, 0.717) is 19.3 Å². The van der Waals surface area contributed by atoms with Crippen LogP contribution in [0.1, 0.15) is 400 Å². The average molecular weight is 1120 g/mol. The van der Waals surface area contributed by atoms with Crippen molar-refractivity contribution in [2.45, 2.75) is 406 Å². The van der Waals surface area contributed by atoms with Gasteiger partial charge in [-0.1, -0.05) is 359 Å². The lowest BCUT2D eigenvalue weighted by molar-refractivity contribution is -0.167. The van der Waals surface area contributed by atoms with Gasteiger partial charge in [0.2, 0.25) is 0 Å². The number of carbonyl (C=O) groups excluding carboxylic acids is 3. The van der Waals surface area contributed by atoms with Gasteiger partial charge >= 0.3 is 17.9 Å². The molecule has 0 rings (SSSR count). The van der Waals surface area contributed by atoms with Gasteiger partial charge in [0.15, 0.2) is 6.10 Å². The lowest BCUT2D eigenvalue weighted by Crippen LogP contribution is -2.30. The number of hydrogen-bond donors (Lipinski definition) is 0. The number of ether oxygens (including phenoxy) is 3. The Morgan fingerprint density at radius 1 is 0.250 bits per heavy atom. The minimum Gasteiger partial charge on any atom is -0.462 e. The summed E-state index contributed by atoms with van der Waals surface area (Å²) in [5.74, 6) is -0.833. The van der Waals surface area contributed by atoms with Gasteiger partial charge in [0.05, 0.1) is 0 Å². The summed E-state index contributed by atoms with van der Waals surface area (Å²) in [7, 11) is 0. The Hall–Kier alpha value is -2.37. The second-order valence-electron chi connectivity index (χ2n) is 24.5. The zero-order valence-electron chi connectivity index (χ0n) is 54.1. The van der Waals surface area contributed by atoms with Gasteiger partial charge in [0, 0.05) is 19.3 Å². The number of rotatable bonds is 67. The van der Waals surface area contributed by atoms with Gasteiger partial charge < -0.3 is 14.2 Å². The third-order valence-corrected chi connectivity index (χ3v) is 16.4. The number of allylic oxidation sites excluding steroid dienone is 6. The fourth-order valence-electron chi connectivity index (χ4n) is 11.0. The van der Waals surface area contributed by atoms with Crippen LogP contribution in [0.3, 0.4) is 0 Å². The van der Waals surface area contributed by atoms with Crippen molar-refractivity contribution in [1.82, 2.24) is 0 Å². The molecular weight excluding hydrogens is 985 g/mol. The van der Waals surface area contributed by atoms with Gasteiger partial charge in [-0.05, 0) is 57.8 Å². The molecule has 1 atom stereocenters. The molecule has 0 N–H and O–H groups in total. The molecule has 0 aliphatic heterocycles. The van der Waals surface area contributed by atoms with E-state index in [2.05, 4.69) is 57.2 Å². The van der Waals surface area contributed by atoms with Crippen molar-refractivity contribution < 1.29 is 28.6 Å². The Labute approximate surface area is 499 Å². The first-order chi connectivity index (χ1) is 39.5. The first kappa shape index (κ1) is 77.6. The highest BCUT2D eigenvalue weighted by molar-refractivity contribution is 5.71. The summed E-state index contributed by atoms with van der Waals surface area (Å²) >= 11 is 0. The van der Waals surface area contributed by atoms with Crippen molar-refractivity contribution in [3.05, 3.63) is 36.5 Å². The molecule has 1 unspecified atom stereocenters. The summed E-state index contributed by atoms with van der Waals surface area (Å²) in [5.41, 5.74) is 0. The van der Waals surface area contributed by atoms with Gasteiger partial charge in [-0.3, -0.25) is 14.4 Å². The summed E-state index contributed by atoms with van der Waals surface area (Å²) in [4.78, 5) is 38.4. The summed E-state index contributed by atoms with van der Waals surface area (Å²) in [6, 6.07) is 0. The highest BCUT2D eigenvalue weighted by Gasteiger charge is 2.19. The van der Waals surface area contributed by atoms with Gasteiger partial charge in [0.1, 0.15) is 13.2 Å². The monoisotopic (exact) mass is 1120 g/mol. The van der Waals surface area contributed by atoms with Crippen molar-refractivity contribution in [3.8, 4) is 0 Å². The number of carbonyl (C=O) groups is 3. The first-order valence-corrected chi connectivity index (χ1v) is 36.0. The lowest BCUT2D eigenvalue weighted by atomic mass is 10.0. The normalized spacial score (nSPS) is 12.2. The second-order valence-corrected chi connectivity index (χ2v) is 24.5. The molecule has 0 amide bonds. The predicted molar refractivity (Wildman–Crippen MR) is 349 cm³/mol. The number of hydrogen-bond acceptors (Lipinski definition) is 6. The third kappa shape index (κ3) is 66.4. The Balaban J connectivity index is 4.15. The van der Waals surface area contributed by atoms with Crippen LogP contribution in [-0.2, 0) is 28.6 Å². The Morgan fingerprint density at radius 3 is 0.700 bits per heavy atom. The van der Waals surface area contributed by atoms with Crippen LogP contribution in [0.2, 0.25) is 0 Å². The van der Waals surface area contributed by atoms with E-state index in [4.69, 9.17) is 14.2 Å². The standard InChI is InChI=1S/C74H138O6/c1-4-7-10-13-16-19-22-25-27-29-31-32-33-34-35-36-37-38-39-40-41-42-43-45-46-49-52-55-58-61-64-67-73(76)79-70-71(69-78-72(75)66-63-60-57-54-51-48-24-21-18-15-12-9-6-3)80-74(77)68-65-62-59-56-53-50-47-44-30-28-26-23-20-17-14-11-8-5-2/h22,25,29,31,33-34,71H,4-21,23-24,26-28,30,32,35-70H2,1-3H3/b25-22-,31-29-,34-33-. The molecule has 0 aromatic carbocycles. The molecule has 0 aromatic rings. The van der Waals surface area contributed by atoms with Crippen LogP contribution >= 0.6 is 0 Å². The molecule has 0 fully saturated rings. The van der Waals surface area contributed by atoms with Crippen LogP contribution in [0, 0.1) is 0 Å². The number of esters is 3. The summed E-state index contributed by atoms with van der Waals surface area (Å²) in [6.45, 7) is 6.70. The smallest absolute Gasteiger partial charge is 0.306 e. The maximum atomic E-state index is 12.9. The van der Waals surface area contributed by atoms with Gasteiger partial charge in [0.25, 0.3) is 0 Å². The van der Waals surface area contributed by atoms with Gasteiger partial charge in [-0.25, -0.2) is 0 Å². The van der Waals surface area contributed by atoms with Crippen LogP contribution in [0.5, 0.6) is 0 Å². The SMILES string of the molecule is CCCCCCC/C=C\C/C=C\C/C=C\CCCCCCCCCCCCCCCCCCC(=O)OCC(COC(=O)CCCCCCCCCCCCCCC)OC(=O)CCCCCCCCCCCCCCCCCCCC. The molecule has 470 valence electrons. The van der Waals surface area contributed by atoms with Crippen LogP contribution in [0.4, 0.5) is 0 Å². The minimum atomic E-state index is -0.767. The molecule has 0 aromatic heterocycles. The van der Waals surface area contributed by atoms with Crippen LogP contribution in [-0.4, -0.2) is 37.2 Å². The topological polar surface area (TPSA) is 78.9 Å². The quantitative estimate of drug-likeness (QED) is 0.0261. The number of unbranched alkanes of at least 4 members (excludes halogenated alkanes) is 50. The average Bonchev–Trinajstić information content (AvgIpc) is 3.46. The van der Waals surface area contributed by atoms with E-state index in [1.165, 1.54) is 289 Å². The van der Waals surface area contributed by atoms with Crippen molar-refractivity contribution >= 4 is 17.9 Å². The van der Waals surface area contributed by atoms with E-state index >= 15 is 0 Å². The molecule has 80 heavy (non-hydrogen) atoms. The van der Waals surface area contributed by atoms with Gasteiger partial charge in [-0.2, -0.15) is 0 Å². The first-order valence-electron chi connectivity index (χ1n) is 36.0. The zero-order valence-corrected chi connectivity index (χ0v) is 54.1. The molecule has 0 spiro atoms. The highest BCUT2D eigenvalue weighted by atomic mass is 16.6. The van der Waals surface area contributed by atoms with Crippen molar-refractivity contribution in [2.24, 2.45) is 0 Å². The fourth-order valence-corrected chi connectivity index (χ4v) is 11.0. The Morgan fingerprint density at radius 2 is 0.450 bits per heavy atom. The van der Waals surface area contributed by atoms with Crippen molar-refractivity contribution in [3.63, 3.8) is 0 Å². The van der Waals surface area contributed by atoms with E-state index in [9.17, 15) is 14.4 Å². The highest BCUT2D eigenvalue weighted by Crippen LogP contribution is 2.19. The maximum absolute atomic E-state index is 12.9. The molecule has 0 radical (unpaired) electrons. The van der Waals surface area contributed by atoms with Crippen LogP contribution in [0.25, 0.3) is 0 Å². The molecule has 0 heterocycles. The third-order valence-electron chi connectivity index (χ3n) is 16.4. The van der Waals surface area contributed by atoms with Gasteiger partial charge in [-0.15, -0.1) is 0 Å². The van der Waals surface area contributed by atoms with E-state index in [-0.39, 0.29) is 31.1 Å². The minimum absolute atomic E-state index is 0.0645. The maximum Gasteiger partial charge on any atom is 0.306 e. The zero-order chi connectivity index (χ0) is 57.8. The molecule has 0 saturated carbocycles. The van der Waals surface area contributed by atoms with Crippen LogP contribution < -0.4 is 0 Å². The van der Waals surface area contributed by atoms with Crippen LogP contribution in [0.15, 0.2) is 36.5 Å². The second kappa shape index (κ2) is 69.1. The molecular formula is C74H138O6. The van der Waals surface area contributed by atoms with E-state index in [0.717, 1.165) is 70.6 Å². The Bertz CT molecular complexity index is 1340. The molecule has 0 aliphatic rings. The molecule has 6 nitrogen and oxygen atoms in total.